The number of ether oxygens (including phenoxy) is 3. The van der Waals surface area contributed by atoms with Crippen LogP contribution in [0.4, 0.5) is 4.79 Å². The van der Waals surface area contributed by atoms with Gasteiger partial charge in [-0.15, -0.1) is 0 Å². The average molecular weight is 456 g/mol. The second kappa shape index (κ2) is 10.6. The monoisotopic (exact) mass is 455 g/mol. The Morgan fingerprint density at radius 1 is 0.971 bits per heavy atom. The summed E-state index contributed by atoms with van der Waals surface area (Å²) in [6.07, 6.45) is 0.640. The van der Waals surface area contributed by atoms with E-state index >= 15 is 0 Å². The molecule has 1 N–H and O–H groups in total. The Balaban J connectivity index is 1.31. The number of hydrogen-bond donors (Lipinski definition) is 1. The van der Waals surface area contributed by atoms with Crippen molar-refractivity contribution in [2.45, 2.75) is 12.3 Å². The smallest absolute Gasteiger partial charge is 0.407 e. The van der Waals surface area contributed by atoms with Crippen molar-refractivity contribution in [1.29, 1.82) is 0 Å². The van der Waals surface area contributed by atoms with Gasteiger partial charge in [0.15, 0.2) is 17.8 Å². The van der Waals surface area contributed by atoms with Crippen LogP contribution in [0.5, 0.6) is 11.5 Å². The molecule has 1 aliphatic rings. The van der Waals surface area contributed by atoms with Crippen LogP contribution in [-0.4, -0.2) is 39.8 Å². The lowest BCUT2D eigenvalue weighted by molar-refractivity contribution is 0.112. The van der Waals surface area contributed by atoms with E-state index in [2.05, 4.69) is 41.4 Å². The van der Waals surface area contributed by atoms with Gasteiger partial charge >= 0.3 is 6.09 Å². The summed E-state index contributed by atoms with van der Waals surface area (Å²) in [5.41, 5.74) is 5.66. The summed E-state index contributed by atoms with van der Waals surface area (Å²) in [5, 5.41) is 2.73. The third-order valence-electron chi connectivity index (χ3n) is 5.77. The summed E-state index contributed by atoms with van der Waals surface area (Å²) >= 11 is 0. The summed E-state index contributed by atoms with van der Waals surface area (Å²) in [7, 11) is 3.03. The Labute approximate surface area is 198 Å². The van der Waals surface area contributed by atoms with Crippen molar-refractivity contribution in [3.8, 4) is 34.5 Å². The molecule has 4 rings (SSSR count). The van der Waals surface area contributed by atoms with Crippen LogP contribution in [-0.2, 0) is 4.74 Å². The molecule has 1 aliphatic carbocycles. The number of hydrogen-bond acceptors (Lipinski definition) is 5. The molecule has 34 heavy (non-hydrogen) atoms. The van der Waals surface area contributed by atoms with E-state index < -0.39 is 6.09 Å². The predicted octanol–water partition coefficient (Wildman–Crippen LogP) is 4.80. The van der Waals surface area contributed by atoms with Crippen molar-refractivity contribution >= 4 is 12.4 Å². The van der Waals surface area contributed by atoms with Crippen molar-refractivity contribution in [2.24, 2.45) is 0 Å². The first-order valence-electron chi connectivity index (χ1n) is 10.9. The summed E-state index contributed by atoms with van der Waals surface area (Å²) in [4.78, 5) is 23.6. The molecule has 0 bridgehead atoms. The molecular formula is C28H25NO5. The second-order valence-electron chi connectivity index (χ2n) is 7.72. The van der Waals surface area contributed by atoms with Crippen LogP contribution in [0.25, 0.3) is 11.1 Å². The zero-order valence-electron chi connectivity index (χ0n) is 19.1. The molecule has 0 heterocycles. The number of benzene rings is 3. The summed E-state index contributed by atoms with van der Waals surface area (Å²) in [5.74, 6) is 6.90. The fourth-order valence-corrected chi connectivity index (χ4v) is 4.13. The third kappa shape index (κ3) is 4.74. The maximum atomic E-state index is 12.3. The molecule has 0 fully saturated rings. The SMILES string of the molecule is COc1cc(C#CCCNC(=O)OCC2c3ccccc3-c3ccccc32)c(C=O)cc1OC. The van der Waals surface area contributed by atoms with Gasteiger partial charge in [0.1, 0.15) is 6.61 Å². The summed E-state index contributed by atoms with van der Waals surface area (Å²) in [6.45, 7) is 0.591. The number of methoxy groups -OCH3 is 2. The van der Waals surface area contributed by atoms with Gasteiger partial charge in [-0.3, -0.25) is 4.79 Å². The molecule has 0 saturated heterocycles. The molecule has 0 aromatic heterocycles. The van der Waals surface area contributed by atoms with E-state index in [1.54, 1.807) is 12.1 Å². The zero-order chi connectivity index (χ0) is 23.9. The summed E-state index contributed by atoms with van der Waals surface area (Å²) in [6, 6.07) is 19.7. The molecule has 0 radical (unpaired) electrons. The molecule has 3 aromatic rings. The molecule has 172 valence electrons. The van der Waals surface area contributed by atoms with Crippen molar-refractivity contribution < 1.29 is 23.8 Å². The number of fused-ring (bicyclic) bond motifs is 3. The minimum absolute atomic E-state index is 0.0183. The van der Waals surface area contributed by atoms with E-state index in [9.17, 15) is 9.59 Å². The van der Waals surface area contributed by atoms with Crippen molar-refractivity contribution in [3.63, 3.8) is 0 Å². The second-order valence-corrected chi connectivity index (χ2v) is 7.72. The van der Waals surface area contributed by atoms with E-state index in [4.69, 9.17) is 14.2 Å². The van der Waals surface area contributed by atoms with Crippen LogP contribution in [0.2, 0.25) is 0 Å². The van der Waals surface area contributed by atoms with E-state index in [1.807, 2.05) is 24.3 Å². The lowest BCUT2D eigenvalue weighted by Crippen LogP contribution is -2.26. The van der Waals surface area contributed by atoms with E-state index in [0.29, 0.717) is 35.6 Å². The molecular weight excluding hydrogens is 430 g/mol. The van der Waals surface area contributed by atoms with Gasteiger partial charge in [-0.25, -0.2) is 4.79 Å². The standard InChI is InChI=1S/C28H25NO5/c1-32-26-15-19(20(17-30)16-27(26)33-2)9-7-8-14-29-28(31)34-18-25-23-12-5-3-10-21(23)22-11-4-6-13-24(22)25/h3-6,10-13,15-17,25H,8,14,18H2,1-2H3,(H,29,31). The largest absolute Gasteiger partial charge is 0.493 e. The third-order valence-corrected chi connectivity index (χ3v) is 5.77. The summed E-state index contributed by atoms with van der Waals surface area (Å²) < 4.78 is 16.0. The molecule has 0 atom stereocenters. The van der Waals surface area contributed by atoms with Gasteiger partial charge < -0.3 is 19.5 Å². The Morgan fingerprint density at radius 2 is 1.59 bits per heavy atom. The van der Waals surface area contributed by atoms with Crippen LogP contribution in [0.3, 0.4) is 0 Å². The number of rotatable bonds is 7. The van der Waals surface area contributed by atoms with Crippen molar-refractivity contribution in [3.05, 3.63) is 82.9 Å². The highest BCUT2D eigenvalue weighted by Gasteiger charge is 2.28. The number of aldehydes is 1. The highest BCUT2D eigenvalue weighted by atomic mass is 16.5. The highest BCUT2D eigenvalue weighted by molar-refractivity contribution is 5.81. The fraction of sp³-hybridized carbons (Fsp3) is 0.214. The number of amides is 1. The van der Waals surface area contributed by atoms with Gasteiger partial charge in [-0.2, -0.15) is 0 Å². The molecule has 6 nitrogen and oxygen atoms in total. The van der Waals surface area contributed by atoms with Gasteiger partial charge in [0.2, 0.25) is 0 Å². The number of carbonyl (C=O) groups excluding carboxylic acids is 2. The molecule has 0 aliphatic heterocycles. The van der Waals surface area contributed by atoms with Crippen molar-refractivity contribution in [1.82, 2.24) is 5.32 Å². The van der Waals surface area contributed by atoms with Crippen LogP contribution in [0.15, 0.2) is 60.7 Å². The minimum Gasteiger partial charge on any atom is -0.493 e. The Morgan fingerprint density at radius 3 is 2.21 bits per heavy atom. The van der Waals surface area contributed by atoms with Gasteiger partial charge in [0, 0.05) is 36.1 Å². The first-order valence-corrected chi connectivity index (χ1v) is 10.9. The number of nitrogens with one attached hydrogen (secondary N) is 1. The Kier molecular flexibility index (Phi) is 7.14. The first-order chi connectivity index (χ1) is 16.7. The molecule has 3 aromatic carbocycles. The lowest BCUT2D eigenvalue weighted by atomic mass is 9.98. The lowest BCUT2D eigenvalue weighted by Gasteiger charge is -2.14. The van der Waals surface area contributed by atoms with Crippen LogP contribution < -0.4 is 14.8 Å². The van der Waals surface area contributed by atoms with E-state index in [1.165, 1.54) is 36.5 Å². The van der Waals surface area contributed by atoms with Gasteiger partial charge in [0.25, 0.3) is 0 Å². The molecule has 0 spiro atoms. The van der Waals surface area contributed by atoms with Crippen LogP contribution in [0, 0.1) is 11.8 Å². The van der Waals surface area contributed by atoms with E-state index in [-0.39, 0.29) is 12.5 Å². The Hall–Kier alpha value is -4.24. The zero-order valence-corrected chi connectivity index (χ0v) is 19.1. The van der Waals surface area contributed by atoms with Gasteiger partial charge in [-0.05, 0) is 28.3 Å². The Bertz CT molecular complexity index is 1230. The number of carbonyl (C=O) groups is 2. The normalized spacial score (nSPS) is 11.5. The van der Waals surface area contributed by atoms with Crippen LogP contribution >= 0.6 is 0 Å². The average Bonchev–Trinajstić information content (AvgIpc) is 3.20. The highest BCUT2D eigenvalue weighted by Crippen LogP contribution is 2.44. The van der Waals surface area contributed by atoms with Crippen LogP contribution in [0.1, 0.15) is 39.4 Å². The van der Waals surface area contributed by atoms with E-state index in [0.717, 1.165) is 6.29 Å². The maximum absolute atomic E-state index is 12.3. The minimum atomic E-state index is -0.483. The van der Waals surface area contributed by atoms with Crippen molar-refractivity contribution in [2.75, 3.05) is 27.4 Å². The quantitative estimate of drug-likeness (QED) is 0.315. The molecule has 1 amide bonds. The fourth-order valence-electron chi connectivity index (χ4n) is 4.13. The van der Waals surface area contributed by atoms with Gasteiger partial charge in [0.05, 0.1) is 14.2 Å². The number of alkyl carbamates (subject to hydrolysis) is 1. The molecule has 0 unspecified atom stereocenters. The molecule has 0 saturated carbocycles. The topological polar surface area (TPSA) is 73.9 Å². The first kappa shape index (κ1) is 22.9. The molecule has 6 heteroatoms. The maximum Gasteiger partial charge on any atom is 0.407 e. The van der Waals surface area contributed by atoms with Gasteiger partial charge in [-0.1, -0.05) is 60.4 Å². The predicted molar refractivity (Wildman–Crippen MR) is 130 cm³/mol.